The summed E-state index contributed by atoms with van der Waals surface area (Å²) in [6.07, 6.45) is 0.664. The second kappa shape index (κ2) is 9.27. The summed E-state index contributed by atoms with van der Waals surface area (Å²) in [6.45, 7) is 4.11. The van der Waals surface area contributed by atoms with Crippen molar-refractivity contribution in [3.8, 4) is 11.4 Å². The molecule has 3 aromatic rings. The molecule has 0 atom stereocenters. The van der Waals surface area contributed by atoms with Crippen LogP contribution in [0.25, 0.3) is 11.4 Å². The lowest BCUT2D eigenvalue weighted by Crippen LogP contribution is -2.23. The lowest BCUT2D eigenvalue weighted by atomic mass is 10.1. The van der Waals surface area contributed by atoms with Gasteiger partial charge in [0.1, 0.15) is 0 Å². The molecule has 8 heteroatoms. The number of aryl methyl sites for hydroxylation is 1. The molecule has 0 unspecified atom stereocenters. The molecule has 0 saturated carbocycles. The minimum Gasteiger partial charge on any atom is -0.352 e. The van der Waals surface area contributed by atoms with E-state index in [4.69, 9.17) is 4.52 Å². The zero-order valence-electron chi connectivity index (χ0n) is 15.8. The third kappa shape index (κ3) is 5.50. The maximum absolute atomic E-state index is 12.1. The van der Waals surface area contributed by atoms with E-state index in [0.717, 1.165) is 16.8 Å². The van der Waals surface area contributed by atoms with E-state index in [9.17, 15) is 9.59 Å². The molecule has 2 aromatic heterocycles. The van der Waals surface area contributed by atoms with Crippen molar-refractivity contribution in [1.29, 1.82) is 0 Å². The van der Waals surface area contributed by atoms with Gasteiger partial charge in [-0.3, -0.25) is 9.59 Å². The molecule has 0 aliphatic rings. The minimum absolute atomic E-state index is 0.0239. The van der Waals surface area contributed by atoms with E-state index in [2.05, 4.69) is 20.8 Å². The fourth-order valence-corrected chi connectivity index (χ4v) is 3.00. The number of carbonyl (C=O) groups is 2. The first kappa shape index (κ1) is 19.8. The number of hydrogen-bond acceptors (Lipinski definition) is 6. The second-order valence-electron chi connectivity index (χ2n) is 6.64. The molecule has 2 N–H and O–H groups in total. The van der Waals surface area contributed by atoms with Gasteiger partial charge in [-0.25, -0.2) is 0 Å². The molecule has 0 aliphatic carbocycles. The number of nitrogens with one attached hydrogen (secondary N) is 2. The average molecular weight is 398 g/mol. The topological polar surface area (TPSA) is 97.1 Å². The summed E-state index contributed by atoms with van der Waals surface area (Å²) < 4.78 is 5.19. The highest BCUT2D eigenvalue weighted by Gasteiger charge is 2.11. The van der Waals surface area contributed by atoms with Gasteiger partial charge in [0.2, 0.25) is 23.5 Å². The summed E-state index contributed by atoms with van der Waals surface area (Å²) in [7, 11) is 0. The highest BCUT2D eigenvalue weighted by molar-refractivity contribution is 7.08. The number of anilines is 1. The largest absolute Gasteiger partial charge is 0.352 e. The van der Waals surface area contributed by atoms with Gasteiger partial charge >= 0.3 is 0 Å². The highest BCUT2D eigenvalue weighted by atomic mass is 32.1. The molecular weight excluding hydrogens is 376 g/mol. The van der Waals surface area contributed by atoms with Crippen LogP contribution in [0.2, 0.25) is 0 Å². The van der Waals surface area contributed by atoms with Crippen molar-refractivity contribution in [1.82, 2.24) is 15.5 Å². The zero-order chi connectivity index (χ0) is 19.9. The number of amides is 2. The van der Waals surface area contributed by atoms with Crippen LogP contribution in [-0.2, 0) is 22.6 Å². The lowest BCUT2D eigenvalue weighted by Gasteiger charge is -2.09. The molecule has 0 bridgehead atoms. The molecule has 0 radical (unpaired) electrons. The van der Waals surface area contributed by atoms with Crippen molar-refractivity contribution in [3.05, 3.63) is 52.5 Å². The van der Waals surface area contributed by atoms with Gasteiger partial charge in [0.25, 0.3) is 0 Å². The van der Waals surface area contributed by atoms with E-state index >= 15 is 0 Å². The van der Waals surface area contributed by atoms with Gasteiger partial charge in [0.15, 0.2) is 0 Å². The Morgan fingerprint density at radius 1 is 1.18 bits per heavy atom. The Hall–Kier alpha value is -3.00. The van der Waals surface area contributed by atoms with Gasteiger partial charge in [0, 0.05) is 41.9 Å². The second-order valence-corrected chi connectivity index (χ2v) is 7.42. The van der Waals surface area contributed by atoms with Crippen molar-refractivity contribution in [3.63, 3.8) is 0 Å². The Bertz CT molecular complexity index is 917. The molecular formula is C20H22N4O3S. The quantitative estimate of drug-likeness (QED) is 0.604. The van der Waals surface area contributed by atoms with Crippen molar-refractivity contribution >= 4 is 28.8 Å². The molecule has 0 spiro atoms. The van der Waals surface area contributed by atoms with Gasteiger partial charge in [-0.15, -0.1) is 0 Å². The van der Waals surface area contributed by atoms with Crippen LogP contribution in [0, 0.1) is 5.92 Å². The molecule has 7 nitrogen and oxygen atoms in total. The smallest absolute Gasteiger partial charge is 0.227 e. The number of thiophene rings is 1. The summed E-state index contributed by atoms with van der Waals surface area (Å²) in [5.74, 6) is 0.804. The van der Waals surface area contributed by atoms with Gasteiger partial charge in [-0.1, -0.05) is 31.1 Å². The molecule has 28 heavy (non-hydrogen) atoms. The van der Waals surface area contributed by atoms with Crippen molar-refractivity contribution in [2.75, 3.05) is 5.32 Å². The summed E-state index contributed by atoms with van der Waals surface area (Å²) in [4.78, 5) is 28.0. The molecule has 1 aromatic carbocycles. The third-order valence-corrected chi connectivity index (χ3v) is 4.73. The van der Waals surface area contributed by atoms with E-state index in [1.54, 1.807) is 11.3 Å². The van der Waals surface area contributed by atoms with E-state index in [-0.39, 0.29) is 24.2 Å². The first-order chi connectivity index (χ1) is 13.5. The molecule has 2 heterocycles. The van der Waals surface area contributed by atoms with Crippen LogP contribution in [0.15, 0.2) is 45.6 Å². The van der Waals surface area contributed by atoms with Crippen LogP contribution in [0.5, 0.6) is 0 Å². The van der Waals surface area contributed by atoms with Crippen molar-refractivity contribution in [2.24, 2.45) is 5.92 Å². The molecule has 2 amide bonds. The molecule has 146 valence electrons. The van der Waals surface area contributed by atoms with Gasteiger partial charge in [-0.2, -0.15) is 16.3 Å². The van der Waals surface area contributed by atoms with E-state index < -0.39 is 0 Å². The maximum atomic E-state index is 12.1. The minimum atomic E-state index is -0.0903. The van der Waals surface area contributed by atoms with Crippen LogP contribution < -0.4 is 10.6 Å². The number of nitrogens with zero attached hydrogens (tertiary/aromatic N) is 2. The Morgan fingerprint density at radius 3 is 2.64 bits per heavy atom. The van der Waals surface area contributed by atoms with Crippen LogP contribution >= 0.6 is 11.3 Å². The summed E-state index contributed by atoms with van der Waals surface area (Å²) in [5.41, 5.74) is 2.61. The third-order valence-electron chi connectivity index (χ3n) is 4.05. The average Bonchev–Trinajstić information content (AvgIpc) is 3.37. The lowest BCUT2D eigenvalue weighted by molar-refractivity contribution is -0.121. The van der Waals surface area contributed by atoms with Gasteiger partial charge in [-0.05, 0) is 29.1 Å². The fourth-order valence-electron chi connectivity index (χ4n) is 2.37. The van der Waals surface area contributed by atoms with E-state index in [1.165, 1.54) is 0 Å². The Morgan fingerprint density at radius 2 is 1.96 bits per heavy atom. The van der Waals surface area contributed by atoms with Gasteiger partial charge in [0.05, 0.1) is 0 Å². The van der Waals surface area contributed by atoms with Crippen molar-refractivity contribution < 1.29 is 14.1 Å². The first-order valence-corrected chi connectivity index (χ1v) is 9.97. The van der Waals surface area contributed by atoms with Crippen LogP contribution in [-0.4, -0.2) is 22.0 Å². The van der Waals surface area contributed by atoms with Crippen LogP contribution in [0.1, 0.15) is 31.7 Å². The van der Waals surface area contributed by atoms with Gasteiger partial charge < -0.3 is 15.2 Å². The monoisotopic (exact) mass is 398 g/mol. The predicted molar refractivity (Wildman–Crippen MR) is 108 cm³/mol. The summed E-state index contributed by atoms with van der Waals surface area (Å²) >= 11 is 1.56. The predicted octanol–water partition coefficient (Wildman–Crippen LogP) is 3.64. The Kier molecular flexibility index (Phi) is 6.54. The van der Waals surface area contributed by atoms with Crippen molar-refractivity contribution in [2.45, 2.75) is 33.2 Å². The number of aromatic nitrogens is 2. The number of rotatable bonds is 8. The summed E-state index contributed by atoms with van der Waals surface area (Å²) in [6, 6.07) is 9.33. The molecule has 0 aliphatic heterocycles. The molecule has 0 fully saturated rings. The zero-order valence-corrected chi connectivity index (χ0v) is 16.6. The highest BCUT2D eigenvalue weighted by Crippen LogP contribution is 2.19. The SMILES string of the molecule is CC(C)C(=O)Nc1ccc(CNC(=O)CCc2nc(-c3ccsc3)no2)cc1. The maximum Gasteiger partial charge on any atom is 0.227 e. The Labute approximate surface area is 167 Å². The number of benzene rings is 1. The van der Waals surface area contributed by atoms with Crippen LogP contribution in [0.4, 0.5) is 5.69 Å². The normalized spacial score (nSPS) is 10.8. The fraction of sp³-hybridized carbons (Fsp3) is 0.300. The first-order valence-electron chi connectivity index (χ1n) is 9.03. The molecule has 0 saturated heterocycles. The molecule has 3 rings (SSSR count). The van der Waals surface area contributed by atoms with E-state index in [0.29, 0.717) is 24.7 Å². The van der Waals surface area contributed by atoms with E-state index in [1.807, 2.05) is 54.9 Å². The van der Waals surface area contributed by atoms with Crippen LogP contribution in [0.3, 0.4) is 0 Å². The summed E-state index contributed by atoms with van der Waals surface area (Å²) in [5, 5.41) is 13.5. The Balaban J connectivity index is 1.42. The number of hydrogen-bond donors (Lipinski definition) is 2. The number of carbonyl (C=O) groups excluding carboxylic acids is 2. The standard InChI is InChI=1S/C20H22N4O3S/c1-13(2)20(26)22-16-5-3-14(4-6-16)11-21-17(25)7-8-18-23-19(24-27-18)15-9-10-28-12-15/h3-6,9-10,12-13H,7-8,11H2,1-2H3,(H,21,25)(H,22,26).